The molecule has 3 nitrogen and oxygen atoms in total. The highest BCUT2D eigenvalue weighted by Crippen LogP contribution is 2.31. The summed E-state index contributed by atoms with van der Waals surface area (Å²) >= 11 is 0. The minimum absolute atomic E-state index is 0.0903. The van der Waals surface area contributed by atoms with Crippen molar-refractivity contribution in [2.75, 3.05) is 6.61 Å². The Kier molecular flexibility index (Phi) is 4.58. The van der Waals surface area contributed by atoms with Crippen LogP contribution < -0.4 is 5.32 Å². The topological polar surface area (TPSA) is 38.3 Å². The van der Waals surface area contributed by atoms with Crippen LogP contribution in [0.1, 0.15) is 52.9 Å². The van der Waals surface area contributed by atoms with Gasteiger partial charge in [-0.25, -0.2) is 0 Å². The van der Waals surface area contributed by atoms with Crippen LogP contribution in [0.4, 0.5) is 0 Å². The first kappa shape index (κ1) is 12.5. The highest BCUT2D eigenvalue weighted by Gasteiger charge is 2.35. The maximum absolute atomic E-state index is 11.7. The van der Waals surface area contributed by atoms with E-state index in [0.717, 1.165) is 12.8 Å². The van der Waals surface area contributed by atoms with Crippen molar-refractivity contribution in [3.05, 3.63) is 0 Å². The zero-order chi connectivity index (χ0) is 11.3. The molecule has 1 unspecified atom stereocenters. The summed E-state index contributed by atoms with van der Waals surface area (Å²) in [6.45, 7) is 6.61. The van der Waals surface area contributed by atoms with Crippen molar-refractivity contribution in [3.8, 4) is 0 Å². The van der Waals surface area contributed by atoms with Gasteiger partial charge >= 0.3 is 5.97 Å². The molecular formula is C12H23NO2. The second kappa shape index (κ2) is 5.50. The molecule has 0 heterocycles. The van der Waals surface area contributed by atoms with Gasteiger partial charge in [-0.1, -0.05) is 13.3 Å². The number of carbonyl (C=O) groups is 1. The van der Waals surface area contributed by atoms with E-state index < -0.39 is 0 Å². The van der Waals surface area contributed by atoms with Crippen molar-refractivity contribution < 1.29 is 9.53 Å². The van der Waals surface area contributed by atoms with Gasteiger partial charge in [0.15, 0.2) is 0 Å². The Morgan fingerprint density at radius 2 is 2.13 bits per heavy atom. The van der Waals surface area contributed by atoms with Gasteiger partial charge in [0.1, 0.15) is 6.04 Å². The molecule has 0 spiro atoms. The fourth-order valence-corrected chi connectivity index (χ4v) is 2.05. The van der Waals surface area contributed by atoms with Crippen molar-refractivity contribution in [1.29, 1.82) is 0 Å². The Hall–Kier alpha value is -0.570. The first-order valence-electron chi connectivity index (χ1n) is 6.05. The summed E-state index contributed by atoms with van der Waals surface area (Å²) < 4.78 is 5.07. The average Bonchev–Trinajstić information content (AvgIpc) is 2.15. The van der Waals surface area contributed by atoms with Gasteiger partial charge in [0.05, 0.1) is 6.61 Å². The molecule has 0 aliphatic heterocycles. The molecule has 0 radical (unpaired) electrons. The van der Waals surface area contributed by atoms with Gasteiger partial charge in [0.25, 0.3) is 0 Å². The smallest absolute Gasteiger partial charge is 0.323 e. The SMILES string of the molecule is CCCC(NC1(C)CCC1)C(=O)OCC. The Morgan fingerprint density at radius 1 is 1.47 bits per heavy atom. The molecule has 1 rings (SSSR count). The maximum atomic E-state index is 11.7. The number of hydrogen-bond donors (Lipinski definition) is 1. The molecule has 3 heteroatoms. The lowest BCUT2D eigenvalue weighted by Crippen LogP contribution is -2.55. The monoisotopic (exact) mass is 213 g/mol. The lowest BCUT2D eigenvalue weighted by molar-refractivity contribution is -0.146. The van der Waals surface area contributed by atoms with Crippen LogP contribution in [0.25, 0.3) is 0 Å². The molecule has 1 aliphatic rings. The normalized spacial score (nSPS) is 20.5. The predicted molar refractivity (Wildman–Crippen MR) is 60.7 cm³/mol. The zero-order valence-corrected chi connectivity index (χ0v) is 10.1. The van der Waals surface area contributed by atoms with Crippen LogP contribution in [0.15, 0.2) is 0 Å². The van der Waals surface area contributed by atoms with Gasteiger partial charge in [-0.05, 0) is 39.5 Å². The third-order valence-corrected chi connectivity index (χ3v) is 3.13. The third-order valence-electron chi connectivity index (χ3n) is 3.13. The molecule has 1 N–H and O–H groups in total. The minimum Gasteiger partial charge on any atom is -0.465 e. The summed E-state index contributed by atoms with van der Waals surface area (Å²) in [7, 11) is 0. The lowest BCUT2D eigenvalue weighted by atomic mass is 9.78. The van der Waals surface area contributed by atoms with Gasteiger partial charge in [-0.15, -0.1) is 0 Å². The number of ether oxygens (including phenoxy) is 1. The predicted octanol–water partition coefficient (Wildman–Crippen LogP) is 2.25. The van der Waals surface area contributed by atoms with Crippen molar-refractivity contribution in [1.82, 2.24) is 5.32 Å². The standard InChI is InChI=1S/C12H23NO2/c1-4-7-10(11(14)15-5-2)13-12(3)8-6-9-12/h10,13H,4-9H2,1-3H3. The largest absolute Gasteiger partial charge is 0.465 e. The maximum Gasteiger partial charge on any atom is 0.323 e. The van der Waals surface area contributed by atoms with Crippen LogP contribution in [0.3, 0.4) is 0 Å². The van der Waals surface area contributed by atoms with Gasteiger partial charge in [-0.2, -0.15) is 0 Å². The second-order valence-corrected chi connectivity index (χ2v) is 4.65. The number of esters is 1. The molecule has 1 atom stereocenters. The van der Waals surface area contributed by atoms with E-state index in [0.29, 0.717) is 6.61 Å². The first-order valence-corrected chi connectivity index (χ1v) is 6.05. The molecule has 1 saturated carbocycles. The highest BCUT2D eigenvalue weighted by atomic mass is 16.5. The highest BCUT2D eigenvalue weighted by molar-refractivity contribution is 5.75. The Bertz CT molecular complexity index is 212. The quantitative estimate of drug-likeness (QED) is 0.688. The molecule has 0 aromatic carbocycles. The van der Waals surface area contributed by atoms with E-state index in [1.807, 2.05) is 6.92 Å². The molecule has 88 valence electrons. The second-order valence-electron chi connectivity index (χ2n) is 4.65. The average molecular weight is 213 g/mol. The lowest BCUT2D eigenvalue weighted by Gasteiger charge is -2.41. The minimum atomic E-state index is -0.111. The fourth-order valence-electron chi connectivity index (χ4n) is 2.05. The summed E-state index contributed by atoms with van der Waals surface area (Å²) in [5, 5.41) is 3.44. The number of hydrogen-bond acceptors (Lipinski definition) is 3. The Balaban J connectivity index is 2.45. The molecule has 1 aliphatic carbocycles. The van der Waals surface area contributed by atoms with Gasteiger partial charge in [0.2, 0.25) is 0 Å². The van der Waals surface area contributed by atoms with E-state index >= 15 is 0 Å². The molecule has 1 fully saturated rings. The van der Waals surface area contributed by atoms with E-state index in [1.165, 1.54) is 19.3 Å². The molecule has 0 aromatic rings. The molecule has 0 amide bonds. The van der Waals surface area contributed by atoms with Crippen molar-refractivity contribution in [2.45, 2.75) is 64.5 Å². The summed E-state index contributed by atoms with van der Waals surface area (Å²) in [6.07, 6.45) is 5.49. The number of rotatable bonds is 6. The van der Waals surface area contributed by atoms with Gasteiger partial charge in [0, 0.05) is 5.54 Å². The van der Waals surface area contributed by atoms with Crippen molar-refractivity contribution in [3.63, 3.8) is 0 Å². The van der Waals surface area contributed by atoms with Crippen LogP contribution in [0.2, 0.25) is 0 Å². The van der Waals surface area contributed by atoms with E-state index in [-0.39, 0.29) is 17.6 Å². The summed E-state index contributed by atoms with van der Waals surface area (Å²) in [6, 6.07) is -0.111. The fraction of sp³-hybridized carbons (Fsp3) is 0.917. The Morgan fingerprint density at radius 3 is 2.53 bits per heavy atom. The van der Waals surface area contributed by atoms with Gasteiger partial charge < -0.3 is 4.74 Å². The van der Waals surface area contributed by atoms with Crippen LogP contribution in [-0.2, 0) is 9.53 Å². The zero-order valence-electron chi connectivity index (χ0n) is 10.1. The van der Waals surface area contributed by atoms with E-state index in [9.17, 15) is 4.79 Å². The van der Waals surface area contributed by atoms with E-state index in [2.05, 4.69) is 19.2 Å². The number of nitrogens with one attached hydrogen (secondary N) is 1. The van der Waals surface area contributed by atoms with Crippen molar-refractivity contribution in [2.24, 2.45) is 0 Å². The van der Waals surface area contributed by atoms with Crippen molar-refractivity contribution >= 4 is 5.97 Å². The summed E-state index contributed by atoms with van der Waals surface area (Å²) in [5.74, 6) is -0.0903. The molecule has 15 heavy (non-hydrogen) atoms. The molecule has 0 aromatic heterocycles. The summed E-state index contributed by atoms with van der Waals surface area (Å²) in [4.78, 5) is 11.7. The third kappa shape index (κ3) is 3.49. The van der Waals surface area contributed by atoms with E-state index in [1.54, 1.807) is 0 Å². The first-order chi connectivity index (χ1) is 7.11. The molecular weight excluding hydrogens is 190 g/mol. The molecule has 0 saturated heterocycles. The van der Waals surface area contributed by atoms with Crippen LogP contribution >= 0.6 is 0 Å². The van der Waals surface area contributed by atoms with Crippen LogP contribution in [0.5, 0.6) is 0 Å². The van der Waals surface area contributed by atoms with E-state index in [4.69, 9.17) is 4.74 Å². The number of carbonyl (C=O) groups excluding carboxylic acids is 1. The Labute approximate surface area is 92.6 Å². The van der Waals surface area contributed by atoms with Gasteiger partial charge in [-0.3, -0.25) is 10.1 Å². The summed E-state index contributed by atoms with van der Waals surface area (Å²) in [5.41, 5.74) is 0.173. The van der Waals surface area contributed by atoms with Crippen LogP contribution in [0, 0.1) is 0 Å². The molecule has 0 bridgehead atoms. The van der Waals surface area contributed by atoms with Crippen LogP contribution in [-0.4, -0.2) is 24.2 Å².